The molecule has 12 nitrogen and oxygen atoms in total. The summed E-state index contributed by atoms with van der Waals surface area (Å²) < 4.78 is 13.3. The Balaban J connectivity index is 0.000000120. The largest absolute Gasteiger partial charge is 2.00 e. The van der Waals surface area contributed by atoms with Crippen molar-refractivity contribution in [3.8, 4) is 116 Å². The van der Waals surface area contributed by atoms with E-state index in [0.717, 1.165) is 184 Å². The quantitative estimate of drug-likeness (QED) is 0.113. The number of para-hydroxylation sites is 8. The standard InChI is InChI=1S/3C35H22N4S.3Pt/c1-38-31-13-5-3-11-29(31)37-35(38)24-16-17-26-25-9-2-4-12-30(25)39(32(26)22-24)33-21-23(28-10-6-7-19-36-28)15-18-27(33)34-14-8-20-40-34;1-38-32-13-5-3-11-30(32)37-35(38)23-15-16-28-27-9-2-4-12-31(27)39(33(28)22-23)26-20-24(29-10-6-7-17-36-29)19-25(21-26)34-14-8-18-40-34;1-38-31-15-7-12-28(33-16-8-20-40-33)34(31)37-35(38)24-17-18-27-26-11-2-3-14-30(26)39(32(27)22-24)25-10-6-9-23(21-25)29-13-4-5-19-36-29;;;/h2-20H,1H3;2-19,21H,1H3;2-20H,1H3;;;/q3*-2;3*+2. The molecule has 123 heavy (non-hydrogen) atoms. The first-order valence-corrected chi connectivity index (χ1v) is 42.1. The number of fused-ring (bicyclic) bond motifs is 12. The first kappa shape index (κ1) is 79.8. The van der Waals surface area contributed by atoms with E-state index >= 15 is 0 Å². The maximum atomic E-state index is 5.17. The second kappa shape index (κ2) is 33.8. The average Bonchev–Trinajstić information content (AvgIpc) is 1.59. The average molecular weight is 2180 g/mol. The Bertz CT molecular complexity index is 8030. The minimum Gasteiger partial charge on any atom is -0.367 e. The zero-order valence-corrected chi connectivity index (χ0v) is 75.2. The minimum absolute atomic E-state index is 0. The molecule has 0 aliphatic rings. The Hall–Kier alpha value is -12.9. The van der Waals surface area contributed by atoms with E-state index in [0.29, 0.717) is 0 Å². The molecular weight excluding hydrogens is 2110 g/mol. The molecule has 0 unspecified atom stereocenters. The molecule has 24 rings (SSSR count). The fraction of sp³-hybridized carbons (Fsp3) is 0.0286. The number of benzene rings is 12. The van der Waals surface area contributed by atoms with Gasteiger partial charge in [0, 0.05) is 71.6 Å². The third kappa shape index (κ3) is 14.4. The molecule has 0 saturated heterocycles. The minimum atomic E-state index is 0. The van der Waals surface area contributed by atoms with E-state index < -0.39 is 0 Å². The smallest absolute Gasteiger partial charge is 0.367 e. The summed E-state index contributed by atoms with van der Waals surface area (Å²) >= 11 is 5.20. The van der Waals surface area contributed by atoms with Gasteiger partial charge in [-0.25, -0.2) is 0 Å². The molecule has 12 aromatic heterocycles. The van der Waals surface area contributed by atoms with Crippen LogP contribution in [-0.4, -0.2) is 57.3 Å². The van der Waals surface area contributed by atoms with Gasteiger partial charge >= 0.3 is 63.2 Å². The third-order valence-electron chi connectivity index (χ3n) is 22.4. The van der Waals surface area contributed by atoms with Crippen molar-refractivity contribution in [2.24, 2.45) is 21.1 Å². The van der Waals surface area contributed by atoms with Gasteiger partial charge in [0.2, 0.25) is 0 Å². The molecule has 0 bridgehead atoms. The molecular formula is C105H66N12Pt3S3. The van der Waals surface area contributed by atoms with Crippen LogP contribution in [0.4, 0.5) is 0 Å². The topological polar surface area (TPSA) is 107 Å². The number of aromatic nitrogens is 12. The number of nitrogens with zero attached hydrogens (tertiary/aromatic N) is 12. The van der Waals surface area contributed by atoms with Crippen LogP contribution in [0.3, 0.4) is 0 Å². The van der Waals surface area contributed by atoms with Crippen LogP contribution in [-0.2, 0) is 84.3 Å². The van der Waals surface area contributed by atoms with Gasteiger partial charge in [0.15, 0.2) is 0 Å². The van der Waals surface area contributed by atoms with Crippen molar-refractivity contribution in [3.63, 3.8) is 0 Å². The summed E-state index contributed by atoms with van der Waals surface area (Å²) in [6.45, 7) is 0. The van der Waals surface area contributed by atoms with Crippen molar-refractivity contribution >= 4 is 133 Å². The fourth-order valence-electron chi connectivity index (χ4n) is 16.8. The van der Waals surface area contributed by atoms with Crippen molar-refractivity contribution < 1.29 is 63.2 Å². The van der Waals surface area contributed by atoms with Crippen molar-refractivity contribution in [2.45, 2.75) is 0 Å². The fourth-order valence-corrected chi connectivity index (χ4v) is 19.0. The second-order valence-corrected chi connectivity index (χ2v) is 32.3. The first-order valence-electron chi connectivity index (χ1n) is 39.5. The van der Waals surface area contributed by atoms with E-state index in [4.69, 9.17) is 15.0 Å². The van der Waals surface area contributed by atoms with Gasteiger partial charge in [-0.15, -0.1) is 171 Å². The second-order valence-electron chi connectivity index (χ2n) is 29.4. The number of thiophene rings is 3. The van der Waals surface area contributed by atoms with Crippen LogP contribution in [0.2, 0.25) is 0 Å². The maximum Gasteiger partial charge on any atom is 2.00 e. The van der Waals surface area contributed by atoms with Gasteiger partial charge in [0.25, 0.3) is 0 Å². The summed E-state index contributed by atoms with van der Waals surface area (Å²) in [5.41, 5.74) is 27.3. The molecule has 0 fully saturated rings. The van der Waals surface area contributed by atoms with Gasteiger partial charge in [-0.2, -0.15) is 11.3 Å². The number of pyridine rings is 3. The van der Waals surface area contributed by atoms with Crippen LogP contribution in [0.1, 0.15) is 0 Å². The summed E-state index contributed by atoms with van der Waals surface area (Å²) in [4.78, 5) is 32.5. The van der Waals surface area contributed by atoms with Gasteiger partial charge in [-0.1, -0.05) is 179 Å². The maximum absolute atomic E-state index is 5.17. The SMILES string of the molecule is Cn1c(-c2[c-]c3c(cc2)c2ccccc2n3-c2[c-]c(-c3ccccn3)cc(-c3cccs3)c2)nc2ccccc21.Cn1c(-c2[c-]c3c(cc2)c2ccccc2n3-c2[c-]c(-c3ccccn3)ccc2)nc2c(-c3cccs3)cccc21.Cn1c(-c2[c-]c3c(cc2)c2ccccc2n3-c2[c-]c(-c3ccccn3)ccc2-c2cccs2)nc2ccccc21.[Pt+2].[Pt+2].[Pt+2]. The Labute approximate surface area is 763 Å². The van der Waals surface area contributed by atoms with Crippen molar-refractivity contribution in [2.75, 3.05) is 0 Å². The van der Waals surface area contributed by atoms with Crippen molar-refractivity contribution in [1.82, 2.24) is 57.3 Å². The van der Waals surface area contributed by atoms with E-state index in [1.165, 1.54) is 30.8 Å². The molecule has 0 saturated carbocycles. The first-order chi connectivity index (χ1) is 59.3. The molecule has 594 valence electrons. The summed E-state index contributed by atoms with van der Waals surface area (Å²) in [5, 5.41) is 13.3. The zero-order valence-electron chi connectivity index (χ0n) is 65.9. The number of aryl methyl sites for hydroxylation is 3. The van der Waals surface area contributed by atoms with Crippen LogP contribution < -0.4 is 0 Å². The van der Waals surface area contributed by atoms with E-state index in [1.807, 2.05) is 91.4 Å². The third-order valence-corrected chi connectivity index (χ3v) is 25.2. The molecule has 0 spiro atoms. The van der Waals surface area contributed by atoms with Crippen LogP contribution in [0.15, 0.2) is 344 Å². The molecule has 24 aromatic rings. The van der Waals surface area contributed by atoms with Crippen LogP contribution >= 0.6 is 34.0 Å². The molecule has 0 aliphatic carbocycles. The molecule has 18 heteroatoms. The number of hydrogen-bond acceptors (Lipinski definition) is 9. The van der Waals surface area contributed by atoms with Gasteiger partial charge < -0.3 is 42.4 Å². The van der Waals surface area contributed by atoms with E-state index in [-0.39, 0.29) is 63.2 Å². The molecule has 12 heterocycles. The predicted octanol–water partition coefficient (Wildman–Crippen LogP) is 26.2. The van der Waals surface area contributed by atoms with E-state index in [1.54, 1.807) is 34.0 Å². The van der Waals surface area contributed by atoms with Gasteiger partial charge in [0.1, 0.15) is 0 Å². The molecule has 0 aliphatic heterocycles. The summed E-state index contributed by atoms with van der Waals surface area (Å²) in [6.07, 6.45) is 5.47. The van der Waals surface area contributed by atoms with Crippen molar-refractivity contribution in [1.29, 1.82) is 0 Å². The molecule has 12 aromatic carbocycles. The summed E-state index contributed by atoms with van der Waals surface area (Å²) in [7, 11) is 6.22. The Morgan fingerprint density at radius 2 is 0.675 bits per heavy atom. The Morgan fingerprint density at radius 3 is 1.18 bits per heavy atom. The van der Waals surface area contributed by atoms with Crippen LogP contribution in [0, 0.1) is 36.4 Å². The van der Waals surface area contributed by atoms with E-state index in [9.17, 15) is 0 Å². The number of imidazole rings is 3. The molecule has 0 atom stereocenters. The Morgan fingerprint density at radius 1 is 0.268 bits per heavy atom. The monoisotopic (exact) mass is 2180 g/mol. The normalized spacial score (nSPS) is 11.3. The zero-order chi connectivity index (χ0) is 79.9. The molecule has 0 N–H and O–H groups in total. The van der Waals surface area contributed by atoms with Crippen LogP contribution in [0.5, 0.6) is 0 Å². The Kier molecular flexibility index (Phi) is 21.9. The van der Waals surface area contributed by atoms with Gasteiger partial charge in [-0.3, -0.25) is 15.0 Å². The van der Waals surface area contributed by atoms with Gasteiger partial charge in [-0.05, 0) is 167 Å². The number of hydrogen-bond donors (Lipinski definition) is 0. The summed E-state index contributed by atoms with van der Waals surface area (Å²) in [5.74, 6) is 2.68. The number of rotatable bonds is 12. The predicted molar refractivity (Wildman–Crippen MR) is 494 cm³/mol. The van der Waals surface area contributed by atoms with Gasteiger partial charge in [0.05, 0.1) is 50.6 Å². The van der Waals surface area contributed by atoms with E-state index in [2.05, 4.69) is 353 Å². The van der Waals surface area contributed by atoms with Crippen molar-refractivity contribution in [3.05, 3.63) is 381 Å². The molecule has 0 amide bonds. The molecule has 0 radical (unpaired) electrons. The van der Waals surface area contributed by atoms with Crippen LogP contribution in [0.25, 0.3) is 215 Å². The summed E-state index contributed by atoms with van der Waals surface area (Å²) in [6, 6.07) is 129.